The van der Waals surface area contributed by atoms with Crippen LogP contribution in [0.1, 0.15) is 61.3 Å². The van der Waals surface area contributed by atoms with E-state index >= 15 is 0 Å². The minimum absolute atomic E-state index is 0.114. The quantitative estimate of drug-likeness (QED) is 0.573. The second-order valence-electron chi connectivity index (χ2n) is 9.38. The van der Waals surface area contributed by atoms with Crippen LogP contribution < -0.4 is 14.8 Å². The third-order valence-electron chi connectivity index (χ3n) is 6.75. The van der Waals surface area contributed by atoms with E-state index < -0.39 is 6.04 Å². The van der Waals surface area contributed by atoms with Gasteiger partial charge in [-0.05, 0) is 81.0 Å². The van der Waals surface area contributed by atoms with E-state index in [4.69, 9.17) is 9.47 Å². The standard InChI is InChI=1S/C28H38N2O4/c1-19-15-20(2)21(3)26(16-19)34-18-27(31)30(17-23-11-13-25(33-5)14-12-23)22(4)28(32)29-24-9-7-6-8-10-24/h11-16,22,24H,6-10,17-18H2,1-5H3,(H,29,32)/t22-/m1/s1. The maximum absolute atomic E-state index is 13.4. The van der Waals surface area contributed by atoms with Crippen LogP contribution in [-0.4, -0.2) is 42.5 Å². The molecular weight excluding hydrogens is 428 g/mol. The Kier molecular flexibility index (Phi) is 8.97. The average molecular weight is 467 g/mol. The Morgan fingerprint density at radius 1 is 1.06 bits per heavy atom. The van der Waals surface area contributed by atoms with E-state index in [2.05, 4.69) is 11.4 Å². The number of nitrogens with one attached hydrogen (secondary N) is 1. The molecule has 3 rings (SSSR count). The molecule has 34 heavy (non-hydrogen) atoms. The van der Waals surface area contributed by atoms with E-state index in [1.165, 1.54) is 6.42 Å². The van der Waals surface area contributed by atoms with E-state index in [9.17, 15) is 9.59 Å². The molecule has 1 aliphatic carbocycles. The zero-order chi connectivity index (χ0) is 24.7. The summed E-state index contributed by atoms with van der Waals surface area (Å²) in [4.78, 5) is 28.1. The molecule has 0 unspecified atom stereocenters. The Morgan fingerprint density at radius 3 is 2.38 bits per heavy atom. The summed E-state index contributed by atoms with van der Waals surface area (Å²) in [5.74, 6) is 1.12. The topological polar surface area (TPSA) is 67.9 Å². The van der Waals surface area contributed by atoms with Crippen molar-refractivity contribution in [1.29, 1.82) is 0 Å². The predicted molar refractivity (Wildman–Crippen MR) is 134 cm³/mol. The maximum Gasteiger partial charge on any atom is 0.261 e. The zero-order valence-corrected chi connectivity index (χ0v) is 21.1. The highest BCUT2D eigenvalue weighted by molar-refractivity contribution is 5.88. The van der Waals surface area contributed by atoms with E-state index in [1.54, 1.807) is 18.9 Å². The fraction of sp³-hybridized carbons (Fsp3) is 0.500. The number of benzene rings is 2. The summed E-state index contributed by atoms with van der Waals surface area (Å²) in [6.07, 6.45) is 5.49. The maximum atomic E-state index is 13.4. The van der Waals surface area contributed by atoms with Crippen molar-refractivity contribution in [3.8, 4) is 11.5 Å². The molecule has 0 heterocycles. The summed E-state index contributed by atoms with van der Waals surface area (Å²) in [6.45, 7) is 8.02. The molecule has 2 amide bonds. The van der Waals surface area contributed by atoms with Crippen molar-refractivity contribution in [2.75, 3.05) is 13.7 Å². The van der Waals surface area contributed by atoms with Gasteiger partial charge in [0.25, 0.3) is 5.91 Å². The Bertz CT molecular complexity index is 981. The van der Waals surface area contributed by atoms with Gasteiger partial charge in [-0.3, -0.25) is 9.59 Å². The molecule has 6 nitrogen and oxygen atoms in total. The van der Waals surface area contributed by atoms with E-state index in [0.29, 0.717) is 12.3 Å². The number of hydrogen-bond donors (Lipinski definition) is 1. The number of carbonyl (C=O) groups excluding carboxylic acids is 2. The summed E-state index contributed by atoms with van der Waals surface area (Å²) >= 11 is 0. The van der Waals surface area contributed by atoms with Gasteiger partial charge >= 0.3 is 0 Å². The Labute approximate surface area is 203 Å². The molecule has 1 saturated carbocycles. The number of aryl methyl sites for hydroxylation is 2. The number of amides is 2. The highest BCUT2D eigenvalue weighted by atomic mass is 16.5. The van der Waals surface area contributed by atoms with Crippen molar-refractivity contribution in [2.45, 2.75) is 78.4 Å². The minimum atomic E-state index is -0.611. The first-order chi connectivity index (χ1) is 16.3. The van der Waals surface area contributed by atoms with Gasteiger partial charge in [0.05, 0.1) is 7.11 Å². The number of hydrogen-bond acceptors (Lipinski definition) is 4. The van der Waals surface area contributed by atoms with Crippen LogP contribution >= 0.6 is 0 Å². The summed E-state index contributed by atoms with van der Waals surface area (Å²) in [6, 6.07) is 11.2. The molecule has 0 aromatic heterocycles. The third-order valence-corrected chi connectivity index (χ3v) is 6.75. The Balaban J connectivity index is 1.75. The number of methoxy groups -OCH3 is 1. The molecule has 1 N–H and O–H groups in total. The van der Waals surface area contributed by atoms with Crippen LogP contribution in [0.4, 0.5) is 0 Å². The number of ether oxygens (including phenoxy) is 2. The van der Waals surface area contributed by atoms with Crippen molar-refractivity contribution in [3.05, 3.63) is 58.7 Å². The normalized spacial score (nSPS) is 14.9. The first-order valence-electron chi connectivity index (χ1n) is 12.2. The molecule has 184 valence electrons. The molecule has 1 aliphatic rings. The van der Waals surface area contributed by atoms with Crippen LogP contribution in [0.3, 0.4) is 0 Å². The van der Waals surface area contributed by atoms with E-state index in [0.717, 1.165) is 53.7 Å². The lowest BCUT2D eigenvalue weighted by Crippen LogP contribution is -2.51. The number of carbonyl (C=O) groups is 2. The van der Waals surface area contributed by atoms with Gasteiger partial charge in [0, 0.05) is 12.6 Å². The Morgan fingerprint density at radius 2 is 1.74 bits per heavy atom. The van der Waals surface area contributed by atoms with Crippen molar-refractivity contribution < 1.29 is 19.1 Å². The van der Waals surface area contributed by atoms with Crippen LogP contribution in [0.25, 0.3) is 0 Å². The van der Waals surface area contributed by atoms with Crippen LogP contribution in [0, 0.1) is 20.8 Å². The van der Waals surface area contributed by atoms with Gasteiger partial charge < -0.3 is 19.7 Å². The van der Waals surface area contributed by atoms with Gasteiger partial charge in [0.2, 0.25) is 5.91 Å². The third kappa shape index (κ3) is 6.75. The van der Waals surface area contributed by atoms with Crippen molar-refractivity contribution in [2.24, 2.45) is 0 Å². The van der Waals surface area contributed by atoms with Crippen LogP contribution in [0.15, 0.2) is 36.4 Å². The summed E-state index contributed by atoms with van der Waals surface area (Å²) in [5.41, 5.74) is 4.15. The highest BCUT2D eigenvalue weighted by Gasteiger charge is 2.28. The van der Waals surface area contributed by atoms with Gasteiger partial charge in [0.15, 0.2) is 6.61 Å². The second kappa shape index (κ2) is 11.9. The van der Waals surface area contributed by atoms with Gasteiger partial charge in [-0.25, -0.2) is 0 Å². The molecule has 0 aliphatic heterocycles. The zero-order valence-electron chi connectivity index (χ0n) is 21.1. The van der Waals surface area contributed by atoms with Crippen LogP contribution in [0.2, 0.25) is 0 Å². The molecule has 1 fully saturated rings. The number of rotatable bonds is 9. The first-order valence-corrected chi connectivity index (χ1v) is 12.2. The van der Waals surface area contributed by atoms with Crippen molar-refractivity contribution in [1.82, 2.24) is 10.2 Å². The summed E-state index contributed by atoms with van der Waals surface area (Å²) in [5, 5.41) is 3.16. The lowest BCUT2D eigenvalue weighted by molar-refractivity contribution is -0.142. The van der Waals surface area contributed by atoms with Gasteiger partial charge in [-0.15, -0.1) is 0 Å². The molecule has 2 aromatic carbocycles. The van der Waals surface area contributed by atoms with Crippen molar-refractivity contribution >= 4 is 11.8 Å². The van der Waals surface area contributed by atoms with Gasteiger partial charge in [0.1, 0.15) is 17.5 Å². The first kappa shape index (κ1) is 25.6. The molecule has 0 spiro atoms. The minimum Gasteiger partial charge on any atom is -0.497 e. The largest absolute Gasteiger partial charge is 0.497 e. The van der Waals surface area contributed by atoms with E-state index in [1.807, 2.05) is 51.1 Å². The smallest absolute Gasteiger partial charge is 0.261 e. The highest BCUT2D eigenvalue weighted by Crippen LogP contribution is 2.24. The molecule has 2 aromatic rings. The number of nitrogens with zero attached hydrogens (tertiary/aromatic N) is 1. The predicted octanol–water partition coefficient (Wildman–Crippen LogP) is 4.87. The van der Waals surface area contributed by atoms with Crippen LogP contribution in [-0.2, 0) is 16.1 Å². The van der Waals surface area contributed by atoms with E-state index in [-0.39, 0.29) is 24.5 Å². The van der Waals surface area contributed by atoms with Crippen LogP contribution in [0.5, 0.6) is 11.5 Å². The molecular formula is C28H38N2O4. The summed E-state index contributed by atoms with van der Waals surface area (Å²) < 4.78 is 11.2. The lowest BCUT2D eigenvalue weighted by atomic mass is 9.95. The molecule has 0 saturated heterocycles. The SMILES string of the molecule is COc1ccc(CN(C(=O)COc2cc(C)cc(C)c2C)[C@H](C)C(=O)NC2CCCCC2)cc1. The Hall–Kier alpha value is -3.02. The monoisotopic (exact) mass is 466 g/mol. The fourth-order valence-corrected chi connectivity index (χ4v) is 4.45. The van der Waals surface area contributed by atoms with Gasteiger partial charge in [-0.1, -0.05) is 37.5 Å². The lowest BCUT2D eigenvalue weighted by Gasteiger charge is -2.31. The molecule has 6 heteroatoms. The van der Waals surface area contributed by atoms with Crippen molar-refractivity contribution in [3.63, 3.8) is 0 Å². The summed E-state index contributed by atoms with van der Waals surface area (Å²) in [7, 11) is 1.62. The van der Waals surface area contributed by atoms with Gasteiger partial charge in [-0.2, -0.15) is 0 Å². The fourth-order valence-electron chi connectivity index (χ4n) is 4.45. The molecule has 0 bridgehead atoms. The molecule has 1 atom stereocenters. The molecule has 0 radical (unpaired) electrons. The second-order valence-corrected chi connectivity index (χ2v) is 9.38. The average Bonchev–Trinajstić information content (AvgIpc) is 2.84.